The van der Waals surface area contributed by atoms with Crippen LogP contribution in [-0.2, 0) is 9.84 Å². The highest BCUT2D eigenvalue weighted by molar-refractivity contribution is 7.91. The van der Waals surface area contributed by atoms with Gasteiger partial charge in [-0.15, -0.1) is 0 Å². The molecule has 15 heavy (non-hydrogen) atoms. The van der Waals surface area contributed by atoms with Crippen LogP contribution in [0.2, 0.25) is 0 Å². The summed E-state index contributed by atoms with van der Waals surface area (Å²) in [6, 6.07) is 8.90. The fourth-order valence-electron chi connectivity index (χ4n) is 1.58. The Bertz CT molecular complexity index is 426. The molecule has 0 saturated carbocycles. The van der Waals surface area contributed by atoms with Crippen molar-refractivity contribution in [3.63, 3.8) is 0 Å². The van der Waals surface area contributed by atoms with Crippen molar-refractivity contribution in [2.45, 2.75) is 12.2 Å². The molecule has 0 amide bonds. The Morgan fingerprint density at radius 2 is 1.87 bits per heavy atom. The molecule has 1 aliphatic rings. The zero-order chi connectivity index (χ0) is 10.9. The molecule has 0 spiro atoms. The van der Waals surface area contributed by atoms with Gasteiger partial charge in [0.25, 0.3) is 0 Å². The van der Waals surface area contributed by atoms with Crippen molar-refractivity contribution in [2.75, 3.05) is 11.5 Å². The van der Waals surface area contributed by atoms with Gasteiger partial charge in [-0.2, -0.15) is 0 Å². The van der Waals surface area contributed by atoms with Crippen molar-refractivity contribution >= 4 is 9.84 Å². The van der Waals surface area contributed by atoms with Gasteiger partial charge in [-0.25, -0.2) is 8.42 Å². The fraction of sp³-hybridized carbons (Fsp3) is 0.400. The molecule has 1 saturated heterocycles. The van der Waals surface area contributed by atoms with Gasteiger partial charge in [0.2, 0.25) is 0 Å². The maximum absolute atomic E-state index is 11.2. The molecule has 2 rings (SSSR count). The Morgan fingerprint density at radius 1 is 1.20 bits per heavy atom. The summed E-state index contributed by atoms with van der Waals surface area (Å²) in [6.07, 6.45) is -1.56. The molecule has 0 aliphatic carbocycles. The summed E-state index contributed by atoms with van der Waals surface area (Å²) in [5, 5.41) is 9.48. The first-order chi connectivity index (χ1) is 7.07. The van der Waals surface area contributed by atoms with Crippen molar-refractivity contribution in [2.24, 2.45) is 0 Å². The number of rotatable bonds is 2. The highest BCUT2D eigenvalue weighted by Gasteiger charge is 2.38. The van der Waals surface area contributed by atoms with Crippen LogP contribution in [0.4, 0.5) is 0 Å². The third-order valence-corrected chi connectivity index (χ3v) is 3.99. The summed E-state index contributed by atoms with van der Waals surface area (Å²) < 4.78 is 27.8. The second kappa shape index (κ2) is 3.83. The van der Waals surface area contributed by atoms with E-state index < -0.39 is 22.0 Å². The van der Waals surface area contributed by atoms with Crippen molar-refractivity contribution in [1.29, 1.82) is 0 Å². The molecule has 1 heterocycles. The largest absolute Gasteiger partial charge is 0.487 e. The predicted octanol–water partition coefficient (Wildman–Crippen LogP) is 0.223. The number of para-hydroxylation sites is 1. The first kappa shape index (κ1) is 10.4. The summed E-state index contributed by atoms with van der Waals surface area (Å²) in [4.78, 5) is 0. The van der Waals surface area contributed by atoms with Crippen molar-refractivity contribution in [1.82, 2.24) is 0 Å². The lowest BCUT2D eigenvalue weighted by Crippen LogP contribution is -2.29. The smallest absolute Gasteiger partial charge is 0.156 e. The summed E-state index contributed by atoms with van der Waals surface area (Å²) in [5.74, 6) is 0.270. The molecular formula is C10H12O4S. The van der Waals surface area contributed by atoms with Crippen LogP contribution in [0.3, 0.4) is 0 Å². The third kappa shape index (κ3) is 2.49. The highest BCUT2D eigenvalue weighted by atomic mass is 32.2. The van der Waals surface area contributed by atoms with Gasteiger partial charge in [-0.05, 0) is 12.1 Å². The van der Waals surface area contributed by atoms with Gasteiger partial charge in [0.1, 0.15) is 18.0 Å². The lowest BCUT2D eigenvalue weighted by Gasteiger charge is -2.15. The average Bonchev–Trinajstić information content (AvgIpc) is 2.41. The maximum Gasteiger partial charge on any atom is 0.156 e. The minimum absolute atomic E-state index is 0.108. The van der Waals surface area contributed by atoms with Crippen molar-refractivity contribution in [3.8, 4) is 5.75 Å². The first-order valence-corrected chi connectivity index (χ1v) is 6.49. The van der Waals surface area contributed by atoms with Gasteiger partial charge in [0.05, 0.1) is 11.5 Å². The van der Waals surface area contributed by atoms with Gasteiger partial charge in [0.15, 0.2) is 9.84 Å². The van der Waals surface area contributed by atoms with E-state index in [0.717, 1.165) is 0 Å². The molecule has 4 nitrogen and oxygen atoms in total. The lowest BCUT2D eigenvalue weighted by atomic mass is 10.2. The molecule has 1 aliphatic heterocycles. The minimum atomic E-state index is -3.14. The molecule has 2 unspecified atom stereocenters. The number of hydrogen-bond donors (Lipinski definition) is 1. The van der Waals surface area contributed by atoms with Crippen LogP contribution >= 0.6 is 0 Å². The standard InChI is InChI=1S/C10H12O4S/c11-9-6-15(12,13)7-10(9)14-8-4-2-1-3-5-8/h1-5,9-11H,6-7H2. The van der Waals surface area contributed by atoms with E-state index in [1.807, 2.05) is 6.07 Å². The van der Waals surface area contributed by atoms with Crippen molar-refractivity contribution in [3.05, 3.63) is 30.3 Å². The van der Waals surface area contributed by atoms with E-state index in [-0.39, 0.29) is 11.5 Å². The zero-order valence-electron chi connectivity index (χ0n) is 8.04. The zero-order valence-corrected chi connectivity index (χ0v) is 8.85. The summed E-state index contributed by atoms with van der Waals surface area (Å²) >= 11 is 0. The number of aliphatic hydroxyl groups excluding tert-OH is 1. The Labute approximate surface area is 88.4 Å². The second-order valence-electron chi connectivity index (χ2n) is 3.61. The Kier molecular flexibility index (Phi) is 2.67. The molecule has 1 N–H and O–H groups in total. The van der Waals surface area contributed by atoms with Gasteiger partial charge < -0.3 is 9.84 Å². The van der Waals surface area contributed by atoms with E-state index in [1.54, 1.807) is 24.3 Å². The average molecular weight is 228 g/mol. The molecule has 1 aromatic rings. The lowest BCUT2D eigenvalue weighted by molar-refractivity contribution is 0.0738. The van der Waals surface area contributed by atoms with E-state index in [9.17, 15) is 13.5 Å². The van der Waals surface area contributed by atoms with Crippen LogP contribution < -0.4 is 4.74 Å². The Balaban J connectivity index is 2.08. The second-order valence-corrected chi connectivity index (χ2v) is 5.77. The normalized spacial score (nSPS) is 28.9. The van der Waals surface area contributed by atoms with Crippen LogP contribution in [0.1, 0.15) is 0 Å². The van der Waals surface area contributed by atoms with Gasteiger partial charge in [0, 0.05) is 0 Å². The minimum Gasteiger partial charge on any atom is -0.487 e. The summed E-state index contributed by atoms with van der Waals surface area (Å²) in [7, 11) is -3.14. The van der Waals surface area contributed by atoms with E-state index in [2.05, 4.69) is 0 Å². The number of aliphatic hydroxyl groups is 1. The van der Waals surface area contributed by atoms with Gasteiger partial charge in [-0.3, -0.25) is 0 Å². The number of hydrogen-bond acceptors (Lipinski definition) is 4. The molecule has 1 aromatic carbocycles. The quantitative estimate of drug-likeness (QED) is 0.786. The molecule has 0 radical (unpaired) electrons. The van der Waals surface area contributed by atoms with Crippen LogP contribution in [0.25, 0.3) is 0 Å². The van der Waals surface area contributed by atoms with Gasteiger partial charge in [-0.1, -0.05) is 18.2 Å². The predicted molar refractivity (Wildman–Crippen MR) is 55.5 cm³/mol. The third-order valence-electron chi connectivity index (χ3n) is 2.30. The van der Waals surface area contributed by atoms with E-state index in [4.69, 9.17) is 4.74 Å². The van der Waals surface area contributed by atoms with Crippen LogP contribution in [0, 0.1) is 0 Å². The molecule has 2 atom stereocenters. The maximum atomic E-state index is 11.2. The van der Waals surface area contributed by atoms with Crippen LogP contribution in [0.5, 0.6) is 5.75 Å². The summed E-state index contributed by atoms with van der Waals surface area (Å²) in [6.45, 7) is 0. The Morgan fingerprint density at radius 3 is 2.40 bits per heavy atom. The number of benzene rings is 1. The molecule has 82 valence electrons. The molecular weight excluding hydrogens is 216 g/mol. The fourth-order valence-corrected chi connectivity index (χ4v) is 3.25. The topological polar surface area (TPSA) is 63.6 Å². The molecule has 5 heteroatoms. The highest BCUT2D eigenvalue weighted by Crippen LogP contribution is 2.19. The Hall–Kier alpha value is -1.07. The first-order valence-electron chi connectivity index (χ1n) is 4.67. The molecule has 1 fully saturated rings. The molecule has 0 bridgehead atoms. The summed E-state index contributed by atoms with van der Waals surface area (Å²) in [5.41, 5.74) is 0. The van der Waals surface area contributed by atoms with Crippen molar-refractivity contribution < 1.29 is 18.3 Å². The van der Waals surface area contributed by atoms with Crippen LogP contribution in [-0.4, -0.2) is 37.2 Å². The van der Waals surface area contributed by atoms with Crippen LogP contribution in [0.15, 0.2) is 30.3 Å². The molecule has 0 aromatic heterocycles. The SMILES string of the molecule is O=S1(=O)CC(O)C(Oc2ccccc2)C1. The van der Waals surface area contributed by atoms with E-state index in [0.29, 0.717) is 5.75 Å². The van der Waals surface area contributed by atoms with E-state index >= 15 is 0 Å². The number of sulfone groups is 1. The monoisotopic (exact) mass is 228 g/mol. The van der Waals surface area contributed by atoms with Gasteiger partial charge >= 0.3 is 0 Å². The number of ether oxygens (including phenoxy) is 1. The van der Waals surface area contributed by atoms with E-state index in [1.165, 1.54) is 0 Å².